The monoisotopic (exact) mass is 346 g/mol. The normalized spacial score (nSPS) is 17.1. The van der Waals surface area contributed by atoms with Crippen LogP contribution in [0.4, 0.5) is 4.79 Å². The summed E-state index contributed by atoms with van der Waals surface area (Å²) in [7, 11) is 0. The zero-order chi connectivity index (χ0) is 19.2. The third-order valence-electron chi connectivity index (χ3n) is 4.12. The number of nitrogens with two attached hydrogens (primary N) is 1. The summed E-state index contributed by atoms with van der Waals surface area (Å²) in [4.78, 5) is 24.2. The maximum Gasteiger partial charge on any atom is 0.324 e. The number of urea groups is 1. The number of phenolic OH excluding ortho intramolecular Hbond substituents is 1. The van der Waals surface area contributed by atoms with E-state index >= 15 is 0 Å². The maximum absolute atomic E-state index is 12.2. The number of primary amides is 1. The van der Waals surface area contributed by atoms with Crippen LogP contribution in [-0.2, 0) is 20.4 Å². The van der Waals surface area contributed by atoms with Gasteiger partial charge >= 0.3 is 6.03 Å². The Morgan fingerprint density at radius 2 is 1.64 bits per heavy atom. The van der Waals surface area contributed by atoms with Gasteiger partial charge in [-0.15, -0.1) is 0 Å². The van der Waals surface area contributed by atoms with Crippen LogP contribution in [0.5, 0.6) is 5.75 Å². The fourth-order valence-corrected chi connectivity index (χ4v) is 2.69. The van der Waals surface area contributed by atoms with E-state index in [9.17, 15) is 14.7 Å². The van der Waals surface area contributed by atoms with Crippen LogP contribution >= 0.6 is 0 Å². The Kier molecular flexibility index (Phi) is 4.59. The zero-order valence-corrected chi connectivity index (χ0v) is 15.6. The van der Waals surface area contributed by atoms with Crippen molar-refractivity contribution in [2.24, 2.45) is 5.73 Å². The molecule has 3 N–H and O–H groups in total. The second-order valence-electron chi connectivity index (χ2n) is 8.32. The topological polar surface area (TPSA) is 92.9 Å². The maximum atomic E-state index is 12.2. The van der Waals surface area contributed by atoms with Crippen molar-refractivity contribution in [1.82, 2.24) is 4.90 Å². The van der Waals surface area contributed by atoms with Crippen LogP contribution in [0.3, 0.4) is 0 Å². The van der Waals surface area contributed by atoms with Crippen LogP contribution in [0.25, 0.3) is 6.08 Å². The molecule has 6 heteroatoms. The standard InChI is InChI=1S/C19H26N2O4/c1-18(2,3)12-7-11(8-13(15(12)22)19(4,5)6)9-14-16(23)21(10-25-14)17(20)24/h7-9,22H,10H2,1-6H3,(H2,20,24). The fourth-order valence-electron chi connectivity index (χ4n) is 2.69. The summed E-state index contributed by atoms with van der Waals surface area (Å²) in [5.41, 5.74) is 6.88. The van der Waals surface area contributed by atoms with Crippen molar-refractivity contribution in [3.05, 3.63) is 34.6 Å². The molecule has 25 heavy (non-hydrogen) atoms. The Bertz CT molecular complexity index is 717. The van der Waals surface area contributed by atoms with E-state index in [1.165, 1.54) is 0 Å². The molecule has 1 aliphatic heterocycles. The molecule has 2 rings (SSSR count). The lowest BCUT2D eigenvalue weighted by Gasteiger charge is -2.27. The van der Waals surface area contributed by atoms with Crippen LogP contribution in [0.2, 0.25) is 0 Å². The number of phenols is 1. The van der Waals surface area contributed by atoms with Gasteiger partial charge in [0, 0.05) is 11.1 Å². The molecule has 1 fully saturated rings. The molecule has 0 aliphatic carbocycles. The first-order valence-electron chi connectivity index (χ1n) is 8.16. The predicted octanol–water partition coefficient (Wildman–Crippen LogP) is 3.22. The van der Waals surface area contributed by atoms with E-state index in [0.717, 1.165) is 21.6 Å². The average molecular weight is 346 g/mol. The van der Waals surface area contributed by atoms with E-state index in [0.29, 0.717) is 0 Å². The highest BCUT2D eigenvalue weighted by molar-refractivity contribution is 6.05. The van der Waals surface area contributed by atoms with Gasteiger partial charge in [0.15, 0.2) is 12.5 Å². The minimum Gasteiger partial charge on any atom is -0.507 e. The predicted molar refractivity (Wildman–Crippen MR) is 95.9 cm³/mol. The molecule has 0 atom stereocenters. The molecule has 1 aromatic rings. The van der Waals surface area contributed by atoms with E-state index < -0.39 is 11.9 Å². The quantitative estimate of drug-likeness (QED) is 0.764. The Morgan fingerprint density at radius 1 is 1.16 bits per heavy atom. The lowest BCUT2D eigenvalue weighted by molar-refractivity contribution is -0.122. The first-order chi connectivity index (χ1) is 11.3. The summed E-state index contributed by atoms with van der Waals surface area (Å²) in [5, 5.41) is 10.7. The third-order valence-corrected chi connectivity index (χ3v) is 4.12. The second-order valence-corrected chi connectivity index (χ2v) is 8.32. The van der Waals surface area contributed by atoms with E-state index in [1.54, 1.807) is 6.08 Å². The SMILES string of the molecule is CC(C)(C)c1cc(C=C2OCN(C(N)=O)C2=O)cc(C(C)(C)C)c1O. The molecule has 136 valence electrons. The molecule has 0 unspecified atom stereocenters. The van der Waals surface area contributed by atoms with Crippen LogP contribution in [-0.4, -0.2) is 28.7 Å². The summed E-state index contributed by atoms with van der Waals surface area (Å²) in [5.74, 6) is -0.237. The molecule has 6 nitrogen and oxygen atoms in total. The number of rotatable bonds is 1. The van der Waals surface area contributed by atoms with Gasteiger partial charge in [-0.05, 0) is 34.6 Å². The van der Waals surface area contributed by atoms with Crippen molar-refractivity contribution in [3.63, 3.8) is 0 Å². The number of aromatic hydroxyl groups is 1. The number of hydrogen-bond donors (Lipinski definition) is 2. The number of hydrogen-bond acceptors (Lipinski definition) is 4. The first kappa shape index (κ1) is 18.8. The van der Waals surface area contributed by atoms with Gasteiger partial charge in [-0.3, -0.25) is 4.79 Å². The molecule has 3 amide bonds. The largest absolute Gasteiger partial charge is 0.507 e. The van der Waals surface area contributed by atoms with Gasteiger partial charge < -0.3 is 15.6 Å². The van der Waals surface area contributed by atoms with Crippen LogP contribution in [0.1, 0.15) is 58.2 Å². The molecule has 0 bridgehead atoms. The molecule has 1 heterocycles. The first-order valence-corrected chi connectivity index (χ1v) is 8.16. The summed E-state index contributed by atoms with van der Waals surface area (Å²) >= 11 is 0. The van der Waals surface area contributed by atoms with Gasteiger partial charge in [-0.2, -0.15) is 0 Å². The molecular formula is C19H26N2O4. The number of carbonyl (C=O) groups is 2. The summed E-state index contributed by atoms with van der Waals surface area (Å²) < 4.78 is 5.30. The Morgan fingerprint density at radius 3 is 2.00 bits per heavy atom. The minimum absolute atomic E-state index is 0.0595. The number of ether oxygens (including phenoxy) is 1. The molecule has 1 aliphatic rings. The molecule has 0 saturated carbocycles. The molecule has 1 aromatic carbocycles. The summed E-state index contributed by atoms with van der Waals surface area (Å²) in [6.45, 7) is 11.9. The van der Waals surface area contributed by atoms with Crippen molar-refractivity contribution in [3.8, 4) is 5.75 Å². The van der Waals surface area contributed by atoms with Crippen molar-refractivity contribution >= 4 is 18.0 Å². The number of amides is 3. The van der Waals surface area contributed by atoms with Gasteiger partial charge in [0.1, 0.15) is 5.75 Å². The molecule has 0 spiro atoms. The van der Waals surface area contributed by atoms with Crippen molar-refractivity contribution < 1.29 is 19.4 Å². The Balaban J connectivity index is 2.58. The Labute approximate surface area is 148 Å². The van der Waals surface area contributed by atoms with E-state index in [-0.39, 0.29) is 29.1 Å². The highest BCUT2D eigenvalue weighted by Gasteiger charge is 2.32. The lowest BCUT2D eigenvalue weighted by atomic mass is 9.78. The second kappa shape index (κ2) is 6.10. The van der Waals surface area contributed by atoms with Gasteiger partial charge in [-0.1, -0.05) is 41.5 Å². The van der Waals surface area contributed by atoms with E-state index in [1.807, 2.05) is 53.7 Å². The number of nitrogens with zero attached hydrogens (tertiary/aromatic N) is 1. The number of imide groups is 1. The lowest BCUT2D eigenvalue weighted by Crippen LogP contribution is -2.36. The van der Waals surface area contributed by atoms with Crippen LogP contribution in [0, 0.1) is 0 Å². The number of carbonyl (C=O) groups excluding carboxylic acids is 2. The molecular weight excluding hydrogens is 320 g/mol. The average Bonchev–Trinajstić information content (AvgIpc) is 2.79. The van der Waals surface area contributed by atoms with Gasteiger partial charge in [0.25, 0.3) is 5.91 Å². The van der Waals surface area contributed by atoms with Crippen molar-refractivity contribution in [2.45, 2.75) is 52.4 Å². The third kappa shape index (κ3) is 3.78. The fraction of sp³-hybridized carbons (Fsp3) is 0.474. The number of benzene rings is 1. The van der Waals surface area contributed by atoms with E-state index in [4.69, 9.17) is 10.5 Å². The highest BCUT2D eigenvalue weighted by atomic mass is 16.5. The van der Waals surface area contributed by atoms with Crippen LogP contribution in [0.15, 0.2) is 17.9 Å². The highest BCUT2D eigenvalue weighted by Crippen LogP contribution is 2.40. The summed E-state index contributed by atoms with van der Waals surface area (Å²) in [6, 6.07) is 2.83. The van der Waals surface area contributed by atoms with Crippen LogP contribution < -0.4 is 5.73 Å². The van der Waals surface area contributed by atoms with Gasteiger partial charge in [-0.25, -0.2) is 9.69 Å². The van der Waals surface area contributed by atoms with Gasteiger partial charge in [0.2, 0.25) is 0 Å². The van der Waals surface area contributed by atoms with Crippen molar-refractivity contribution in [2.75, 3.05) is 6.73 Å². The Hall–Kier alpha value is -2.50. The zero-order valence-electron chi connectivity index (χ0n) is 15.6. The smallest absolute Gasteiger partial charge is 0.324 e. The molecule has 1 saturated heterocycles. The molecule has 0 radical (unpaired) electrons. The van der Waals surface area contributed by atoms with E-state index in [2.05, 4.69) is 0 Å². The van der Waals surface area contributed by atoms with Gasteiger partial charge in [0.05, 0.1) is 0 Å². The summed E-state index contributed by atoms with van der Waals surface area (Å²) in [6.07, 6.45) is 1.58. The minimum atomic E-state index is -0.843. The molecule has 0 aromatic heterocycles. The van der Waals surface area contributed by atoms with Crippen molar-refractivity contribution in [1.29, 1.82) is 0 Å².